The van der Waals surface area contributed by atoms with Gasteiger partial charge in [-0.15, -0.1) is 0 Å². The Kier molecular flexibility index (Phi) is 17.2. The van der Waals surface area contributed by atoms with E-state index in [1.807, 2.05) is 0 Å². The van der Waals surface area contributed by atoms with Gasteiger partial charge in [-0.3, -0.25) is 33.6 Å². The third-order valence-corrected chi connectivity index (χ3v) is 8.73. The summed E-state index contributed by atoms with van der Waals surface area (Å²) in [5.41, 5.74) is 2.38. The van der Waals surface area contributed by atoms with E-state index in [9.17, 15) is 66.5 Å². The number of hydrogen-bond donors (Lipinski definition) is 8. The van der Waals surface area contributed by atoms with E-state index >= 15 is 0 Å². The number of alkyl carbamates (subject to hydrolysis) is 1. The number of thioether (sulfide) groups is 1. The summed E-state index contributed by atoms with van der Waals surface area (Å²) in [6.45, 7) is -0.235. The number of alkyl halides is 3. The van der Waals surface area contributed by atoms with Crippen molar-refractivity contribution in [2.45, 2.75) is 69.1 Å². The average molecular weight is 853 g/mol. The summed E-state index contributed by atoms with van der Waals surface area (Å²) in [7, 11) is 0. The van der Waals surface area contributed by atoms with Crippen LogP contribution < -0.4 is 37.9 Å². The predicted molar refractivity (Wildman–Crippen MR) is 201 cm³/mol. The van der Waals surface area contributed by atoms with E-state index < -0.39 is 126 Å². The van der Waals surface area contributed by atoms with Crippen molar-refractivity contribution in [3.05, 3.63) is 76.1 Å². The van der Waals surface area contributed by atoms with Crippen molar-refractivity contribution in [3.8, 4) is 0 Å². The van der Waals surface area contributed by atoms with Crippen LogP contribution in [-0.2, 0) is 51.1 Å². The molecule has 0 aliphatic carbocycles. The Morgan fingerprint density at radius 2 is 1.34 bits per heavy atom. The number of ether oxygens (including phenoxy) is 1. The molecule has 3 aromatic rings. The van der Waals surface area contributed by atoms with Gasteiger partial charge in [0.2, 0.25) is 29.5 Å². The molecular weight excluding hydrogens is 813 g/mol. The second-order valence-corrected chi connectivity index (χ2v) is 13.6. The number of rotatable bonds is 21. The Hall–Kier alpha value is -6.65. The molecule has 3 rings (SSSR count). The quantitative estimate of drug-likeness (QED) is 0.0705. The Morgan fingerprint density at radius 1 is 0.780 bits per heavy atom. The number of fused-ring (bicyclic) bond motifs is 1. The lowest BCUT2D eigenvalue weighted by Gasteiger charge is -2.26. The molecule has 59 heavy (non-hydrogen) atoms. The van der Waals surface area contributed by atoms with Crippen molar-refractivity contribution >= 4 is 76.0 Å². The molecule has 2 aromatic carbocycles. The SMILES string of the molecule is CSCC[C@H](NC(=O)[C@H](CCC(N)=O)NC(=O)[C@H](CC(=O)O)NC(=O)OCc1ccccc1)C(=O)N[C@@H](CC(=O)O)C(=O)Nc1ccc2c(C(F)(F)F)cc(=O)oc2c1. The maximum absolute atomic E-state index is 13.6. The van der Waals surface area contributed by atoms with E-state index in [0.717, 1.165) is 18.2 Å². The van der Waals surface area contributed by atoms with Crippen molar-refractivity contribution in [3.63, 3.8) is 0 Å². The summed E-state index contributed by atoms with van der Waals surface area (Å²) in [6.07, 6.45) is -7.55. The number of primary amides is 1. The first-order valence-corrected chi connectivity index (χ1v) is 18.7. The second-order valence-electron chi connectivity index (χ2n) is 12.6. The van der Waals surface area contributed by atoms with Gasteiger partial charge < -0.3 is 51.7 Å². The zero-order valence-corrected chi connectivity index (χ0v) is 31.8. The number of anilines is 1. The number of halogens is 3. The van der Waals surface area contributed by atoms with Gasteiger partial charge in [-0.2, -0.15) is 24.9 Å². The van der Waals surface area contributed by atoms with Gasteiger partial charge in [0.15, 0.2) is 0 Å². The topological polar surface area (TPSA) is 303 Å². The molecule has 4 atom stereocenters. The highest BCUT2D eigenvalue weighted by Gasteiger charge is 2.35. The lowest BCUT2D eigenvalue weighted by atomic mass is 10.1. The molecular formula is C36H39F3N6O13S. The van der Waals surface area contributed by atoms with Crippen LogP contribution in [0.25, 0.3) is 11.0 Å². The van der Waals surface area contributed by atoms with Gasteiger partial charge >= 0.3 is 29.8 Å². The highest BCUT2D eigenvalue weighted by Crippen LogP contribution is 2.34. The van der Waals surface area contributed by atoms with Crippen molar-refractivity contribution in [2.24, 2.45) is 5.73 Å². The zero-order chi connectivity index (χ0) is 43.9. The maximum atomic E-state index is 13.6. The lowest BCUT2D eigenvalue weighted by molar-refractivity contribution is -0.141. The van der Waals surface area contributed by atoms with E-state index in [0.29, 0.717) is 5.56 Å². The summed E-state index contributed by atoms with van der Waals surface area (Å²) in [6, 6.07) is 4.56. The molecule has 0 saturated carbocycles. The van der Waals surface area contributed by atoms with Crippen molar-refractivity contribution in [1.29, 1.82) is 0 Å². The molecule has 0 unspecified atom stereocenters. The highest BCUT2D eigenvalue weighted by atomic mass is 32.2. The number of nitrogens with two attached hydrogens (primary N) is 1. The molecule has 0 bridgehead atoms. The standard InChI is InChI=1S/C36H39F3N6O13S/c1-59-12-11-23(32(53)44-24(15-28(47)48)33(54)41-19-7-8-20-21(36(37,38)39)14-30(51)58-26(20)13-19)43-31(52)22(9-10-27(40)46)42-34(55)25(16-29(49)50)45-35(56)57-17-18-5-3-2-4-6-18/h2-8,13-14,22-25H,9-12,15-17H2,1H3,(H2,40,46)(H,41,54)(H,42,55)(H,43,52)(H,44,53)(H,45,56)(H,47,48)(H,49,50)/t22-,23-,24-,25-/m0/s1. The molecule has 19 nitrogen and oxygen atoms in total. The number of carbonyl (C=O) groups excluding carboxylic acids is 6. The zero-order valence-electron chi connectivity index (χ0n) is 31.0. The van der Waals surface area contributed by atoms with Crippen LogP contribution in [0, 0.1) is 0 Å². The van der Waals surface area contributed by atoms with Gasteiger partial charge in [-0.1, -0.05) is 30.3 Å². The summed E-state index contributed by atoms with van der Waals surface area (Å²) >= 11 is 1.22. The van der Waals surface area contributed by atoms with E-state index in [1.165, 1.54) is 11.8 Å². The number of benzene rings is 2. The monoisotopic (exact) mass is 852 g/mol. The maximum Gasteiger partial charge on any atom is 0.417 e. The summed E-state index contributed by atoms with van der Waals surface area (Å²) in [4.78, 5) is 113. The Balaban J connectivity index is 1.80. The molecule has 9 N–H and O–H groups in total. The minimum Gasteiger partial charge on any atom is -0.481 e. The summed E-state index contributed by atoms with van der Waals surface area (Å²) in [5, 5.41) is 29.5. The Bertz CT molecular complexity index is 2100. The minimum absolute atomic E-state index is 0.141. The van der Waals surface area contributed by atoms with Gasteiger partial charge in [0.1, 0.15) is 36.4 Å². The number of carbonyl (C=O) groups is 8. The smallest absolute Gasteiger partial charge is 0.417 e. The van der Waals surface area contributed by atoms with Crippen molar-refractivity contribution in [1.82, 2.24) is 21.3 Å². The summed E-state index contributed by atoms with van der Waals surface area (Å²) < 4.78 is 50.4. The fourth-order valence-electron chi connectivity index (χ4n) is 5.26. The molecule has 23 heteroatoms. The first-order valence-electron chi connectivity index (χ1n) is 17.3. The number of carboxylic acid groups (broad SMARTS) is 2. The number of amides is 6. The van der Waals surface area contributed by atoms with Gasteiger partial charge in [-0.25, -0.2) is 9.59 Å². The lowest BCUT2D eigenvalue weighted by Crippen LogP contribution is -2.58. The largest absolute Gasteiger partial charge is 0.481 e. The molecule has 6 amide bonds. The third-order valence-electron chi connectivity index (χ3n) is 8.09. The molecule has 0 saturated heterocycles. The molecule has 0 spiro atoms. The molecule has 0 aliphatic rings. The van der Waals surface area contributed by atoms with Crippen LogP contribution in [0.3, 0.4) is 0 Å². The van der Waals surface area contributed by atoms with Crippen LogP contribution in [0.4, 0.5) is 23.7 Å². The average Bonchev–Trinajstić information content (AvgIpc) is 3.15. The third kappa shape index (κ3) is 15.3. The van der Waals surface area contributed by atoms with Crippen LogP contribution in [0.2, 0.25) is 0 Å². The van der Waals surface area contributed by atoms with Crippen LogP contribution in [0.15, 0.2) is 63.8 Å². The molecule has 318 valence electrons. The van der Waals surface area contributed by atoms with Gasteiger partial charge in [0, 0.05) is 29.6 Å². The normalized spacial score (nSPS) is 13.2. The minimum atomic E-state index is -4.93. The van der Waals surface area contributed by atoms with E-state index in [-0.39, 0.29) is 30.5 Å². The first-order chi connectivity index (χ1) is 27.8. The molecule has 1 heterocycles. The highest BCUT2D eigenvalue weighted by molar-refractivity contribution is 7.98. The van der Waals surface area contributed by atoms with Crippen molar-refractivity contribution in [2.75, 3.05) is 17.3 Å². The molecule has 0 fully saturated rings. The van der Waals surface area contributed by atoms with Gasteiger partial charge in [0.25, 0.3) is 0 Å². The van der Waals surface area contributed by atoms with Gasteiger partial charge in [0.05, 0.1) is 18.4 Å². The Morgan fingerprint density at radius 3 is 1.90 bits per heavy atom. The first kappa shape index (κ1) is 46.7. The number of aliphatic carboxylic acids is 2. The van der Waals surface area contributed by atoms with Crippen LogP contribution in [-0.4, -0.2) is 94.0 Å². The number of nitrogens with one attached hydrogen (secondary N) is 5. The van der Waals surface area contributed by atoms with Gasteiger partial charge in [-0.05, 0) is 42.5 Å². The number of hydrogen-bond acceptors (Lipinski definition) is 12. The van der Waals surface area contributed by atoms with E-state index in [2.05, 4.69) is 26.6 Å². The van der Waals surface area contributed by atoms with Crippen LogP contribution in [0.5, 0.6) is 0 Å². The molecule has 1 aromatic heterocycles. The van der Waals surface area contributed by atoms with Crippen molar-refractivity contribution < 1.29 is 70.9 Å². The Labute approximate surface area is 336 Å². The summed E-state index contributed by atoms with van der Waals surface area (Å²) in [5.74, 6) is -8.37. The van der Waals surface area contributed by atoms with Crippen LogP contribution >= 0.6 is 11.8 Å². The second kappa shape index (κ2) is 21.8. The van der Waals surface area contributed by atoms with Crippen LogP contribution in [0.1, 0.15) is 43.2 Å². The number of carboxylic acids is 2. The fourth-order valence-corrected chi connectivity index (χ4v) is 5.73. The van der Waals surface area contributed by atoms with E-state index in [1.54, 1.807) is 36.6 Å². The predicted octanol–water partition coefficient (Wildman–Crippen LogP) is 1.47. The molecule has 0 aliphatic heterocycles. The molecule has 0 radical (unpaired) electrons. The van der Waals surface area contributed by atoms with E-state index in [4.69, 9.17) is 14.9 Å². The fraction of sp³-hybridized carbons (Fsp3) is 0.361.